The molecule has 6 heteroatoms. The number of furan rings is 1. The van der Waals surface area contributed by atoms with E-state index in [4.69, 9.17) is 21.1 Å². The van der Waals surface area contributed by atoms with Gasteiger partial charge in [0.2, 0.25) is 6.10 Å². The topological polar surface area (TPSA) is 33.4 Å². The van der Waals surface area contributed by atoms with E-state index in [0.717, 1.165) is 6.07 Å². The minimum Gasteiger partial charge on any atom is -0.458 e. The van der Waals surface area contributed by atoms with Gasteiger partial charge in [-0.15, -0.1) is 0 Å². The first-order valence-electron chi connectivity index (χ1n) is 4.32. The van der Waals surface area contributed by atoms with E-state index in [-0.39, 0.29) is 5.58 Å². The maximum Gasteiger partial charge on any atom is 0.421 e. The monoisotopic (exact) mass is 250 g/mol. The Hall–Kier alpha value is -1.20. The number of hydrogen-bond donors (Lipinski definition) is 1. The summed E-state index contributed by atoms with van der Waals surface area (Å²) in [6, 6.07) is 5.54. The van der Waals surface area contributed by atoms with Gasteiger partial charge in [0.1, 0.15) is 11.3 Å². The van der Waals surface area contributed by atoms with Gasteiger partial charge in [0.25, 0.3) is 0 Å². The summed E-state index contributed by atoms with van der Waals surface area (Å²) in [5.41, 5.74) is 0.253. The van der Waals surface area contributed by atoms with E-state index in [9.17, 15) is 13.2 Å². The fourth-order valence-corrected chi connectivity index (χ4v) is 1.51. The molecule has 0 spiro atoms. The first-order valence-corrected chi connectivity index (χ1v) is 4.69. The van der Waals surface area contributed by atoms with Crippen molar-refractivity contribution in [3.8, 4) is 0 Å². The van der Waals surface area contributed by atoms with Crippen molar-refractivity contribution in [1.82, 2.24) is 0 Å². The van der Waals surface area contributed by atoms with Gasteiger partial charge in [-0.1, -0.05) is 11.6 Å². The number of aliphatic hydroxyl groups excluding tert-OH is 1. The predicted molar refractivity (Wildman–Crippen MR) is 52.2 cm³/mol. The SMILES string of the molecule is O[C@@H](c1cc2cc(Cl)ccc2o1)C(F)(F)F. The zero-order valence-electron chi connectivity index (χ0n) is 7.75. The minimum absolute atomic E-state index is 0.253. The number of halogens is 4. The lowest BCUT2D eigenvalue weighted by atomic mass is 10.2. The third-order valence-corrected chi connectivity index (χ3v) is 2.31. The second-order valence-corrected chi connectivity index (χ2v) is 3.71. The zero-order valence-corrected chi connectivity index (χ0v) is 8.51. The van der Waals surface area contributed by atoms with E-state index < -0.39 is 18.0 Å². The van der Waals surface area contributed by atoms with Crippen LogP contribution in [0.5, 0.6) is 0 Å². The Labute approximate surface area is 93.2 Å². The summed E-state index contributed by atoms with van der Waals surface area (Å²) >= 11 is 5.67. The van der Waals surface area contributed by atoms with E-state index in [1.165, 1.54) is 18.2 Å². The summed E-state index contributed by atoms with van der Waals surface area (Å²) < 4.78 is 41.5. The third kappa shape index (κ3) is 2.01. The molecule has 0 aliphatic carbocycles. The summed E-state index contributed by atoms with van der Waals surface area (Å²) in [4.78, 5) is 0. The Kier molecular flexibility index (Phi) is 2.59. The highest BCUT2D eigenvalue weighted by Crippen LogP contribution is 2.35. The molecular weight excluding hydrogens is 245 g/mol. The average Bonchev–Trinajstić information content (AvgIpc) is 2.57. The fraction of sp³-hybridized carbons (Fsp3) is 0.200. The zero-order chi connectivity index (χ0) is 11.9. The predicted octanol–water partition coefficient (Wildman–Crippen LogP) is 3.68. The minimum atomic E-state index is -4.74. The smallest absolute Gasteiger partial charge is 0.421 e. The molecule has 2 nitrogen and oxygen atoms in total. The van der Waals surface area contributed by atoms with Gasteiger partial charge in [-0.3, -0.25) is 0 Å². The van der Waals surface area contributed by atoms with Gasteiger partial charge in [0.05, 0.1) is 0 Å². The normalized spacial score (nSPS) is 14.3. The van der Waals surface area contributed by atoms with Crippen molar-refractivity contribution < 1.29 is 22.7 Å². The van der Waals surface area contributed by atoms with Gasteiger partial charge in [0.15, 0.2) is 0 Å². The molecule has 1 aromatic heterocycles. The molecule has 0 radical (unpaired) electrons. The van der Waals surface area contributed by atoms with Crippen molar-refractivity contribution >= 4 is 22.6 Å². The molecule has 0 amide bonds. The lowest BCUT2D eigenvalue weighted by Gasteiger charge is -2.10. The van der Waals surface area contributed by atoms with Crippen LogP contribution >= 0.6 is 11.6 Å². The second-order valence-electron chi connectivity index (χ2n) is 3.28. The Morgan fingerprint density at radius 1 is 1.25 bits per heavy atom. The number of aliphatic hydroxyl groups is 1. The maximum absolute atomic E-state index is 12.2. The van der Waals surface area contributed by atoms with Gasteiger partial charge < -0.3 is 9.52 Å². The standard InChI is InChI=1S/C10H6ClF3O2/c11-6-1-2-7-5(3-6)4-8(16-7)9(15)10(12,13)14/h1-4,9,15H/t9-/m0/s1. The molecule has 1 N–H and O–H groups in total. The molecule has 0 bridgehead atoms. The molecule has 0 saturated heterocycles. The van der Waals surface area contributed by atoms with Crippen LogP contribution in [-0.2, 0) is 0 Å². The van der Waals surface area contributed by atoms with E-state index in [1.54, 1.807) is 0 Å². The first kappa shape index (κ1) is 11.3. The molecule has 1 atom stereocenters. The van der Waals surface area contributed by atoms with Crippen LogP contribution in [0, 0.1) is 0 Å². The molecule has 16 heavy (non-hydrogen) atoms. The van der Waals surface area contributed by atoms with Crippen LogP contribution in [0.15, 0.2) is 28.7 Å². The van der Waals surface area contributed by atoms with Crippen molar-refractivity contribution in [2.75, 3.05) is 0 Å². The molecule has 0 fully saturated rings. The molecule has 1 heterocycles. The van der Waals surface area contributed by atoms with Gasteiger partial charge in [-0.05, 0) is 24.3 Å². The number of benzene rings is 1. The number of fused-ring (bicyclic) bond motifs is 1. The molecule has 1 aromatic carbocycles. The lowest BCUT2D eigenvalue weighted by Crippen LogP contribution is -2.19. The highest BCUT2D eigenvalue weighted by atomic mass is 35.5. The Bertz CT molecular complexity index is 518. The van der Waals surface area contributed by atoms with Crippen molar-refractivity contribution in [3.63, 3.8) is 0 Å². The van der Waals surface area contributed by atoms with Crippen LogP contribution in [0.4, 0.5) is 13.2 Å². The van der Waals surface area contributed by atoms with Gasteiger partial charge in [0, 0.05) is 10.4 Å². The Morgan fingerprint density at radius 3 is 2.56 bits per heavy atom. The quantitative estimate of drug-likeness (QED) is 0.837. The van der Waals surface area contributed by atoms with Crippen LogP contribution in [0.2, 0.25) is 5.02 Å². The summed E-state index contributed by atoms with van der Waals surface area (Å²) in [7, 11) is 0. The van der Waals surface area contributed by atoms with E-state index >= 15 is 0 Å². The molecule has 2 rings (SSSR count). The van der Waals surface area contributed by atoms with Crippen LogP contribution in [0.3, 0.4) is 0 Å². The largest absolute Gasteiger partial charge is 0.458 e. The fourth-order valence-electron chi connectivity index (χ4n) is 1.33. The van der Waals surface area contributed by atoms with Gasteiger partial charge in [-0.2, -0.15) is 13.2 Å². The van der Waals surface area contributed by atoms with Crippen LogP contribution < -0.4 is 0 Å². The Morgan fingerprint density at radius 2 is 1.94 bits per heavy atom. The molecule has 0 unspecified atom stereocenters. The lowest BCUT2D eigenvalue weighted by molar-refractivity contribution is -0.211. The Balaban J connectivity index is 2.47. The van der Waals surface area contributed by atoms with Crippen molar-refractivity contribution in [2.45, 2.75) is 12.3 Å². The van der Waals surface area contributed by atoms with Gasteiger partial charge in [-0.25, -0.2) is 0 Å². The van der Waals surface area contributed by atoms with Crippen LogP contribution in [0.1, 0.15) is 11.9 Å². The molecule has 0 saturated carbocycles. The molecule has 86 valence electrons. The van der Waals surface area contributed by atoms with Crippen LogP contribution in [-0.4, -0.2) is 11.3 Å². The average molecular weight is 251 g/mol. The van der Waals surface area contributed by atoms with Crippen molar-refractivity contribution in [3.05, 3.63) is 35.0 Å². The first-order chi connectivity index (χ1) is 7.38. The molecule has 2 aromatic rings. The molecule has 0 aliphatic rings. The summed E-state index contributed by atoms with van der Waals surface area (Å²) in [5, 5.41) is 9.79. The number of hydrogen-bond acceptors (Lipinski definition) is 2. The maximum atomic E-state index is 12.2. The summed E-state index contributed by atoms with van der Waals surface area (Å²) in [6.45, 7) is 0. The van der Waals surface area contributed by atoms with Crippen molar-refractivity contribution in [2.24, 2.45) is 0 Å². The summed E-state index contributed by atoms with van der Waals surface area (Å²) in [6.07, 6.45) is -7.35. The molecular formula is C10H6ClF3O2. The van der Waals surface area contributed by atoms with E-state index in [1.807, 2.05) is 0 Å². The number of rotatable bonds is 1. The van der Waals surface area contributed by atoms with E-state index in [0.29, 0.717) is 10.4 Å². The van der Waals surface area contributed by atoms with E-state index in [2.05, 4.69) is 0 Å². The molecule has 0 aliphatic heterocycles. The highest BCUT2D eigenvalue weighted by molar-refractivity contribution is 6.31. The highest BCUT2D eigenvalue weighted by Gasteiger charge is 2.41. The van der Waals surface area contributed by atoms with Gasteiger partial charge >= 0.3 is 6.18 Å². The van der Waals surface area contributed by atoms with Crippen LogP contribution in [0.25, 0.3) is 11.0 Å². The van der Waals surface area contributed by atoms with Crippen molar-refractivity contribution in [1.29, 1.82) is 0 Å². The second kappa shape index (κ2) is 3.68. The number of alkyl halides is 3. The third-order valence-electron chi connectivity index (χ3n) is 2.08. The summed E-state index contributed by atoms with van der Waals surface area (Å²) in [5.74, 6) is -0.537.